The molecule has 0 heterocycles. The molecule has 2 rings (SSSR count). The van der Waals surface area contributed by atoms with Crippen molar-refractivity contribution < 1.29 is 4.39 Å². The summed E-state index contributed by atoms with van der Waals surface area (Å²) >= 11 is 6.05. The number of nitrogens with one attached hydrogen (secondary N) is 1. The van der Waals surface area contributed by atoms with Crippen LogP contribution in [0.4, 0.5) is 10.1 Å². The zero-order valence-electron chi connectivity index (χ0n) is 10.2. The van der Waals surface area contributed by atoms with Gasteiger partial charge in [-0.1, -0.05) is 30.9 Å². The summed E-state index contributed by atoms with van der Waals surface area (Å²) in [5.74, 6) is 0.441. The van der Waals surface area contributed by atoms with Crippen LogP contribution in [0.25, 0.3) is 0 Å². The summed E-state index contributed by atoms with van der Waals surface area (Å²) < 4.78 is 13.1. The molecule has 1 saturated carbocycles. The molecule has 17 heavy (non-hydrogen) atoms. The van der Waals surface area contributed by atoms with E-state index >= 15 is 0 Å². The first-order valence-electron chi connectivity index (χ1n) is 6.38. The van der Waals surface area contributed by atoms with E-state index in [-0.39, 0.29) is 5.82 Å². The van der Waals surface area contributed by atoms with Crippen LogP contribution in [-0.2, 0) is 0 Å². The van der Waals surface area contributed by atoms with Gasteiger partial charge < -0.3 is 5.32 Å². The Bertz CT molecular complexity index is 374. The minimum atomic E-state index is -0.243. The van der Waals surface area contributed by atoms with Gasteiger partial charge in [0, 0.05) is 6.04 Å². The van der Waals surface area contributed by atoms with Gasteiger partial charge in [0.1, 0.15) is 5.82 Å². The van der Waals surface area contributed by atoms with Crippen molar-refractivity contribution in [3.63, 3.8) is 0 Å². The van der Waals surface area contributed by atoms with Gasteiger partial charge in [0.15, 0.2) is 0 Å². The highest BCUT2D eigenvalue weighted by Crippen LogP contribution is 2.30. The predicted molar refractivity (Wildman–Crippen MR) is 71.1 cm³/mol. The topological polar surface area (TPSA) is 12.0 Å². The van der Waals surface area contributed by atoms with E-state index in [4.69, 9.17) is 11.6 Å². The third-order valence-corrected chi connectivity index (χ3v) is 4.00. The molecule has 1 atom stereocenters. The second-order valence-corrected chi connectivity index (χ2v) is 5.36. The lowest BCUT2D eigenvalue weighted by Gasteiger charge is -2.29. The Morgan fingerprint density at radius 1 is 1.29 bits per heavy atom. The molecule has 0 radical (unpaired) electrons. The van der Waals surface area contributed by atoms with Crippen LogP contribution >= 0.6 is 11.6 Å². The van der Waals surface area contributed by atoms with Crippen LogP contribution in [0.3, 0.4) is 0 Å². The van der Waals surface area contributed by atoms with E-state index in [2.05, 4.69) is 12.2 Å². The van der Waals surface area contributed by atoms with Gasteiger partial charge in [0.2, 0.25) is 0 Å². The maximum Gasteiger partial charge on any atom is 0.125 e. The van der Waals surface area contributed by atoms with Crippen LogP contribution in [0.2, 0.25) is 5.02 Å². The van der Waals surface area contributed by atoms with E-state index in [0.29, 0.717) is 22.7 Å². The monoisotopic (exact) mass is 255 g/mol. The van der Waals surface area contributed by atoms with Gasteiger partial charge >= 0.3 is 0 Å². The third-order valence-electron chi connectivity index (χ3n) is 3.67. The average Bonchev–Trinajstić information content (AvgIpc) is 2.35. The van der Waals surface area contributed by atoms with E-state index in [1.54, 1.807) is 6.07 Å². The molecule has 1 aliphatic rings. The molecule has 94 valence electrons. The number of halogens is 2. The number of anilines is 1. The molecule has 0 spiro atoms. The van der Waals surface area contributed by atoms with Gasteiger partial charge in [-0.05, 0) is 43.9 Å². The molecule has 1 aliphatic carbocycles. The highest BCUT2D eigenvalue weighted by molar-refractivity contribution is 6.33. The van der Waals surface area contributed by atoms with Gasteiger partial charge in [-0.2, -0.15) is 0 Å². The maximum atomic E-state index is 13.1. The molecule has 1 aromatic rings. The van der Waals surface area contributed by atoms with E-state index < -0.39 is 0 Å². The number of hydrogen-bond donors (Lipinski definition) is 1. The summed E-state index contributed by atoms with van der Waals surface area (Å²) in [4.78, 5) is 0. The fraction of sp³-hybridized carbons (Fsp3) is 0.571. The molecule has 0 aromatic heterocycles. The Kier molecular flexibility index (Phi) is 4.27. The molecular formula is C14H19ClFN. The largest absolute Gasteiger partial charge is 0.381 e. The molecule has 0 aliphatic heterocycles. The number of rotatable bonds is 3. The van der Waals surface area contributed by atoms with Crippen LogP contribution in [0.5, 0.6) is 0 Å². The molecule has 1 N–H and O–H groups in total. The Morgan fingerprint density at radius 3 is 2.71 bits per heavy atom. The zero-order valence-corrected chi connectivity index (χ0v) is 10.9. The highest BCUT2D eigenvalue weighted by atomic mass is 35.5. The molecular weight excluding hydrogens is 237 g/mol. The Balaban J connectivity index is 2.01. The molecule has 1 nitrogen and oxygen atoms in total. The summed E-state index contributed by atoms with van der Waals surface area (Å²) in [6, 6.07) is 4.82. The van der Waals surface area contributed by atoms with Crippen molar-refractivity contribution in [3.05, 3.63) is 29.0 Å². The Hall–Kier alpha value is -0.760. The number of benzene rings is 1. The lowest BCUT2D eigenvalue weighted by atomic mass is 9.84. The van der Waals surface area contributed by atoms with Crippen LogP contribution in [0.15, 0.2) is 18.2 Å². The van der Waals surface area contributed by atoms with Crippen molar-refractivity contribution in [2.75, 3.05) is 5.32 Å². The van der Waals surface area contributed by atoms with Crippen LogP contribution in [0.1, 0.15) is 39.0 Å². The minimum absolute atomic E-state index is 0.243. The maximum absolute atomic E-state index is 13.1. The third kappa shape index (κ3) is 3.35. The van der Waals surface area contributed by atoms with Gasteiger partial charge in [0.05, 0.1) is 10.7 Å². The first-order chi connectivity index (χ1) is 8.16. The predicted octanol–water partition coefficient (Wildman–Crippen LogP) is 4.86. The van der Waals surface area contributed by atoms with E-state index in [0.717, 1.165) is 0 Å². The summed E-state index contributed by atoms with van der Waals surface area (Å²) in [5.41, 5.74) is 0.713. The van der Waals surface area contributed by atoms with E-state index in [9.17, 15) is 4.39 Å². The normalized spacial score (nSPS) is 19.0. The van der Waals surface area contributed by atoms with E-state index in [1.165, 1.54) is 44.2 Å². The van der Waals surface area contributed by atoms with Gasteiger partial charge in [0.25, 0.3) is 0 Å². The standard InChI is InChI=1S/C14H19ClFN/c1-10(11-5-3-2-4-6-11)17-14-9-12(16)7-8-13(14)15/h7-11,17H,2-6H2,1H3. The lowest BCUT2D eigenvalue weighted by Crippen LogP contribution is -2.27. The fourth-order valence-corrected chi connectivity index (χ4v) is 2.78. The highest BCUT2D eigenvalue weighted by Gasteiger charge is 2.20. The quantitative estimate of drug-likeness (QED) is 0.813. The van der Waals surface area contributed by atoms with E-state index in [1.807, 2.05) is 0 Å². The van der Waals surface area contributed by atoms with Crippen molar-refractivity contribution in [3.8, 4) is 0 Å². The van der Waals surface area contributed by atoms with Crippen molar-refractivity contribution >= 4 is 17.3 Å². The molecule has 0 saturated heterocycles. The van der Waals surface area contributed by atoms with Crippen molar-refractivity contribution in [2.45, 2.75) is 45.1 Å². The molecule has 1 aromatic carbocycles. The van der Waals surface area contributed by atoms with Crippen molar-refractivity contribution in [1.82, 2.24) is 0 Å². The molecule has 1 unspecified atom stereocenters. The molecule has 0 bridgehead atoms. The molecule has 0 amide bonds. The second kappa shape index (κ2) is 5.72. The molecule has 1 fully saturated rings. The van der Waals surface area contributed by atoms with Gasteiger partial charge in [-0.15, -0.1) is 0 Å². The van der Waals surface area contributed by atoms with Gasteiger partial charge in [-0.3, -0.25) is 0 Å². The van der Waals surface area contributed by atoms with Crippen molar-refractivity contribution in [2.24, 2.45) is 5.92 Å². The summed E-state index contributed by atoms with van der Waals surface area (Å²) in [6.45, 7) is 2.16. The SMILES string of the molecule is CC(Nc1cc(F)ccc1Cl)C1CCCCC1. The minimum Gasteiger partial charge on any atom is -0.381 e. The van der Waals surface area contributed by atoms with Gasteiger partial charge in [-0.25, -0.2) is 4.39 Å². The Morgan fingerprint density at radius 2 is 2.00 bits per heavy atom. The summed E-state index contributed by atoms with van der Waals surface area (Å²) in [6.07, 6.45) is 6.51. The second-order valence-electron chi connectivity index (χ2n) is 4.96. The zero-order chi connectivity index (χ0) is 12.3. The Labute approximate surface area is 107 Å². The van der Waals surface area contributed by atoms with Crippen LogP contribution in [0, 0.1) is 11.7 Å². The first kappa shape index (κ1) is 12.7. The average molecular weight is 256 g/mol. The number of hydrogen-bond acceptors (Lipinski definition) is 1. The van der Waals surface area contributed by atoms with Crippen LogP contribution < -0.4 is 5.32 Å². The lowest BCUT2D eigenvalue weighted by molar-refractivity contribution is 0.328. The first-order valence-corrected chi connectivity index (χ1v) is 6.76. The fourth-order valence-electron chi connectivity index (χ4n) is 2.61. The van der Waals surface area contributed by atoms with Crippen molar-refractivity contribution in [1.29, 1.82) is 0 Å². The molecule has 3 heteroatoms. The van der Waals surface area contributed by atoms with Crippen LogP contribution in [-0.4, -0.2) is 6.04 Å². The smallest absolute Gasteiger partial charge is 0.125 e. The summed E-state index contributed by atoms with van der Waals surface area (Å²) in [5, 5.41) is 3.94. The summed E-state index contributed by atoms with van der Waals surface area (Å²) in [7, 11) is 0.